The van der Waals surface area contributed by atoms with Crippen LogP contribution in [0.2, 0.25) is 5.02 Å². The van der Waals surface area contributed by atoms with Crippen molar-refractivity contribution in [3.63, 3.8) is 0 Å². The lowest BCUT2D eigenvalue weighted by atomic mass is 9.66. The Kier molecular flexibility index (Phi) is 3.49. The van der Waals surface area contributed by atoms with Crippen LogP contribution in [0.5, 0.6) is 0 Å². The van der Waals surface area contributed by atoms with Crippen molar-refractivity contribution >= 4 is 56.3 Å². The highest BCUT2D eigenvalue weighted by molar-refractivity contribution is 6.31. The smallest absolute Gasteiger partial charge is 0.343 e. The van der Waals surface area contributed by atoms with E-state index in [2.05, 4.69) is 10.6 Å². The highest BCUT2D eigenvalue weighted by atomic mass is 35.5. The zero-order valence-corrected chi connectivity index (χ0v) is 17.9. The fraction of sp³-hybridized carbons (Fsp3) is 0.0370. The Morgan fingerprint density at radius 1 is 0.758 bits per heavy atom. The molecule has 1 atom stereocenters. The van der Waals surface area contributed by atoms with Gasteiger partial charge in [0, 0.05) is 32.9 Å². The molecule has 1 aromatic heterocycles. The van der Waals surface area contributed by atoms with Crippen LogP contribution in [0.1, 0.15) is 16.7 Å². The second kappa shape index (κ2) is 6.24. The van der Waals surface area contributed by atoms with E-state index in [0.29, 0.717) is 27.5 Å². The first-order chi connectivity index (χ1) is 16.1. The number of carbonyl (C=O) groups excluding carboxylic acids is 1. The summed E-state index contributed by atoms with van der Waals surface area (Å²) in [7, 11) is 0. The van der Waals surface area contributed by atoms with Crippen LogP contribution in [0.3, 0.4) is 0 Å². The average Bonchev–Trinajstić information content (AvgIpc) is 3.12. The van der Waals surface area contributed by atoms with Gasteiger partial charge in [0.25, 0.3) is 0 Å². The highest BCUT2D eigenvalue weighted by Crippen LogP contribution is 2.56. The molecule has 1 unspecified atom stereocenters. The van der Waals surface area contributed by atoms with Gasteiger partial charge in [0.15, 0.2) is 0 Å². The predicted octanol–water partition coefficient (Wildman–Crippen LogP) is 5.94. The number of hydrogen-bond acceptors (Lipinski definition) is 4. The first-order valence-electron chi connectivity index (χ1n) is 10.6. The number of carbonyl (C=O) groups is 1. The number of para-hydroxylation sites is 1. The summed E-state index contributed by atoms with van der Waals surface area (Å²) in [4.78, 5) is 27.6. The fourth-order valence-electron chi connectivity index (χ4n) is 5.43. The van der Waals surface area contributed by atoms with E-state index in [1.165, 1.54) is 0 Å². The van der Waals surface area contributed by atoms with E-state index >= 15 is 0 Å². The van der Waals surface area contributed by atoms with E-state index in [9.17, 15) is 9.59 Å². The van der Waals surface area contributed by atoms with Gasteiger partial charge in [-0.2, -0.15) is 0 Å². The maximum absolute atomic E-state index is 14.0. The van der Waals surface area contributed by atoms with Crippen molar-refractivity contribution in [2.75, 3.05) is 10.6 Å². The van der Waals surface area contributed by atoms with Crippen LogP contribution < -0.4 is 16.3 Å². The second-order valence-corrected chi connectivity index (χ2v) is 8.80. The van der Waals surface area contributed by atoms with Crippen molar-refractivity contribution in [1.82, 2.24) is 0 Å². The molecule has 33 heavy (non-hydrogen) atoms. The molecule has 3 heterocycles. The van der Waals surface area contributed by atoms with Crippen molar-refractivity contribution in [1.29, 1.82) is 0 Å². The van der Waals surface area contributed by atoms with Gasteiger partial charge in [0.2, 0.25) is 5.91 Å². The number of anilines is 3. The van der Waals surface area contributed by atoms with Gasteiger partial charge in [-0.1, -0.05) is 54.1 Å². The van der Waals surface area contributed by atoms with Gasteiger partial charge in [-0.25, -0.2) is 4.79 Å². The lowest BCUT2D eigenvalue weighted by Gasteiger charge is -2.36. The molecule has 6 heteroatoms. The number of nitrogens with one attached hydrogen (secondary N) is 2. The second-order valence-electron chi connectivity index (χ2n) is 8.36. The van der Waals surface area contributed by atoms with Gasteiger partial charge in [-0.05, 0) is 47.2 Å². The molecule has 0 saturated carbocycles. The van der Waals surface area contributed by atoms with Crippen molar-refractivity contribution in [3.8, 4) is 0 Å². The summed E-state index contributed by atoms with van der Waals surface area (Å²) in [5, 5.41) is 9.51. The molecule has 0 bridgehead atoms. The van der Waals surface area contributed by atoms with E-state index in [0.717, 1.165) is 27.4 Å². The summed E-state index contributed by atoms with van der Waals surface area (Å²) in [6.07, 6.45) is 0. The Morgan fingerprint density at radius 2 is 1.52 bits per heavy atom. The van der Waals surface area contributed by atoms with E-state index in [-0.39, 0.29) is 11.5 Å². The van der Waals surface area contributed by atoms with E-state index in [1.54, 1.807) is 18.2 Å². The van der Waals surface area contributed by atoms with Crippen LogP contribution in [-0.4, -0.2) is 5.91 Å². The van der Waals surface area contributed by atoms with Gasteiger partial charge in [0.1, 0.15) is 11.0 Å². The Bertz CT molecular complexity index is 1740. The quantitative estimate of drug-likeness (QED) is 0.286. The molecule has 1 spiro atoms. The van der Waals surface area contributed by atoms with Gasteiger partial charge in [0.05, 0.1) is 11.3 Å². The van der Waals surface area contributed by atoms with Crippen LogP contribution in [-0.2, 0) is 10.2 Å². The minimum atomic E-state index is -1.42. The molecule has 158 valence electrons. The van der Waals surface area contributed by atoms with Crippen molar-refractivity contribution in [3.05, 3.63) is 111 Å². The highest BCUT2D eigenvalue weighted by Gasteiger charge is 2.57. The third-order valence-electron chi connectivity index (χ3n) is 6.73. The van der Waals surface area contributed by atoms with Crippen LogP contribution in [0.25, 0.3) is 21.7 Å². The molecule has 5 aromatic rings. The van der Waals surface area contributed by atoms with Crippen LogP contribution >= 0.6 is 11.6 Å². The van der Waals surface area contributed by atoms with Crippen LogP contribution in [0, 0.1) is 0 Å². The summed E-state index contributed by atoms with van der Waals surface area (Å²) in [5.74, 6) is -0.303. The molecular weight excluding hydrogens is 436 g/mol. The summed E-state index contributed by atoms with van der Waals surface area (Å²) in [6.45, 7) is 0. The minimum absolute atomic E-state index is 0.267. The Balaban J connectivity index is 1.75. The van der Waals surface area contributed by atoms with Crippen molar-refractivity contribution < 1.29 is 9.21 Å². The third-order valence-corrected chi connectivity index (χ3v) is 6.96. The summed E-state index contributed by atoms with van der Waals surface area (Å²) in [5.41, 5.74) is 2.08. The number of hydrogen-bond donors (Lipinski definition) is 2. The number of benzene rings is 4. The van der Waals surface area contributed by atoms with E-state index in [4.69, 9.17) is 16.0 Å². The normalized spacial score (nSPS) is 18.0. The van der Waals surface area contributed by atoms with Gasteiger partial charge in [-0.15, -0.1) is 0 Å². The van der Waals surface area contributed by atoms with Crippen LogP contribution in [0.4, 0.5) is 17.1 Å². The maximum atomic E-state index is 14.0. The Morgan fingerprint density at radius 3 is 2.39 bits per heavy atom. The molecule has 2 aliphatic heterocycles. The molecule has 0 radical (unpaired) electrons. The third kappa shape index (κ3) is 2.22. The molecule has 1 amide bonds. The lowest BCUT2D eigenvalue weighted by molar-refractivity contribution is -0.118. The molecule has 0 saturated heterocycles. The molecule has 2 aliphatic rings. The van der Waals surface area contributed by atoms with Crippen LogP contribution in [0.15, 0.2) is 88.1 Å². The van der Waals surface area contributed by atoms with Crippen molar-refractivity contribution in [2.45, 2.75) is 5.41 Å². The largest absolute Gasteiger partial charge is 0.422 e. The standard InChI is InChI=1S/C27H15ClN2O3/c28-15-10-12-19-18(13-15)27(23-24(29-19)17-7-3-4-8-21(17)33-25(23)31)22-16-6-2-1-5-14(16)9-11-20(22)30-26(27)32/h1-13,29H,(H,30,32). The summed E-state index contributed by atoms with van der Waals surface area (Å²) in [6, 6.07) is 24.4. The maximum Gasteiger partial charge on any atom is 0.343 e. The van der Waals surface area contributed by atoms with Gasteiger partial charge in [-0.3, -0.25) is 4.79 Å². The number of amides is 1. The Labute approximate surface area is 192 Å². The monoisotopic (exact) mass is 450 g/mol. The molecule has 5 nitrogen and oxygen atoms in total. The lowest BCUT2D eigenvalue weighted by Crippen LogP contribution is -2.44. The number of rotatable bonds is 0. The first kappa shape index (κ1) is 18.5. The summed E-state index contributed by atoms with van der Waals surface area (Å²) >= 11 is 6.43. The van der Waals surface area contributed by atoms with E-state index < -0.39 is 11.0 Å². The average molecular weight is 451 g/mol. The molecule has 7 rings (SSSR count). The fourth-order valence-corrected chi connectivity index (χ4v) is 5.60. The van der Waals surface area contributed by atoms with Crippen molar-refractivity contribution in [2.24, 2.45) is 0 Å². The zero-order chi connectivity index (χ0) is 22.3. The first-order valence-corrected chi connectivity index (χ1v) is 10.9. The van der Waals surface area contributed by atoms with E-state index in [1.807, 2.05) is 60.7 Å². The molecular formula is C27H15ClN2O3. The number of fused-ring (bicyclic) bond motifs is 10. The topological polar surface area (TPSA) is 71.3 Å². The molecule has 2 N–H and O–H groups in total. The van der Waals surface area contributed by atoms with Gasteiger partial charge < -0.3 is 15.1 Å². The number of halogens is 1. The molecule has 0 aliphatic carbocycles. The van der Waals surface area contributed by atoms with Gasteiger partial charge >= 0.3 is 5.63 Å². The SMILES string of the molecule is O=C1Nc2ccc3ccccc3c2C12c1cc(Cl)ccc1Nc1c2c(=O)oc2ccccc12. The molecule has 4 aromatic carbocycles. The molecule has 0 fully saturated rings. The summed E-state index contributed by atoms with van der Waals surface area (Å²) < 4.78 is 5.76. The minimum Gasteiger partial charge on any atom is -0.422 e. The predicted molar refractivity (Wildman–Crippen MR) is 130 cm³/mol. The Hall–Kier alpha value is -4.09. The zero-order valence-electron chi connectivity index (χ0n) is 17.1.